The second-order valence-electron chi connectivity index (χ2n) is 5.32. The van der Waals surface area contributed by atoms with E-state index in [0.29, 0.717) is 11.8 Å². The van der Waals surface area contributed by atoms with Crippen molar-refractivity contribution in [2.45, 2.75) is 52.2 Å². The number of amides is 1. The van der Waals surface area contributed by atoms with Crippen molar-refractivity contribution in [1.82, 2.24) is 4.90 Å². The van der Waals surface area contributed by atoms with Crippen molar-refractivity contribution in [3.63, 3.8) is 0 Å². The highest BCUT2D eigenvalue weighted by Crippen LogP contribution is 2.33. The quantitative estimate of drug-likeness (QED) is 0.683. The van der Waals surface area contributed by atoms with Crippen LogP contribution >= 0.6 is 0 Å². The number of rotatable bonds is 1. The number of piperidine rings is 1. The Morgan fingerprint density at radius 2 is 1.69 bits per heavy atom. The van der Waals surface area contributed by atoms with Gasteiger partial charge in [0.25, 0.3) is 0 Å². The van der Waals surface area contributed by atoms with Gasteiger partial charge in [0.2, 0.25) is 5.91 Å². The molecule has 0 aromatic carbocycles. The summed E-state index contributed by atoms with van der Waals surface area (Å²) in [5.74, 6) is 0.751. The molecule has 0 bridgehead atoms. The maximum absolute atomic E-state index is 12.4. The van der Waals surface area contributed by atoms with Crippen molar-refractivity contribution in [3.05, 3.63) is 0 Å². The summed E-state index contributed by atoms with van der Waals surface area (Å²) in [7, 11) is 0. The minimum Gasteiger partial charge on any atom is -0.374 e. The first-order valence-corrected chi connectivity index (χ1v) is 6.55. The van der Waals surface area contributed by atoms with Crippen LogP contribution in [0, 0.1) is 11.8 Å². The summed E-state index contributed by atoms with van der Waals surface area (Å²) in [5, 5.41) is 0. The molecule has 0 saturated carbocycles. The van der Waals surface area contributed by atoms with Gasteiger partial charge in [-0.1, -0.05) is 6.92 Å². The first-order chi connectivity index (χ1) is 7.61. The Morgan fingerprint density at radius 1 is 1.06 bits per heavy atom. The first-order valence-electron chi connectivity index (χ1n) is 6.55. The van der Waals surface area contributed by atoms with Crippen molar-refractivity contribution in [2.24, 2.45) is 11.8 Å². The molecular weight excluding hydrogens is 202 g/mol. The summed E-state index contributed by atoms with van der Waals surface area (Å²) in [6.07, 6.45) is 3.90. The maximum Gasteiger partial charge on any atom is 0.228 e. The van der Waals surface area contributed by atoms with Crippen LogP contribution in [0.2, 0.25) is 0 Å². The molecule has 4 unspecified atom stereocenters. The standard InChI is InChI=1S/C13H23NO2/c1-9-10(2)16-11(3)12(9)13(15)14-7-5-4-6-8-14/h9-12H,4-8H2,1-3H3. The fraction of sp³-hybridized carbons (Fsp3) is 0.923. The SMILES string of the molecule is CC1OC(C)C(C(=O)N2CCCCC2)C1C. The largest absolute Gasteiger partial charge is 0.374 e. The average molecular weight is 225 g/mol. The second kappa shape index (κ2) is 4.74. The van der Waals surface area contributed by atoms with E-state index in [-0.39, 0.29) is 18.1 Å². The fourth-order valence-electron chi connectivity index (χ4n) is 3.02. The normalized spacial score (nSPS) is 40.1. The van der Waals surface area contributed by atoms with Gasteiger partial charge in [-0.15, -0.1) is 0 Å². The summed E-state index contributed by atoms with van der Waals surface area (Å²) in [6, 6.07) is 0. The van der Waals surface area contributed by atoms with Crippen LogP contribution in [0.25, 0.3) is 0 Å². The molecule has 2 saturated heterocycles. The summed E-state index contributed by atoms with van der Waals surface area (Å²) < 4.78 is 5.75. The van der Waals surface area contributed by atoms with E-state index in [1.54, 1.807) is 0 Å². The Labute approximate surface area is 98.1 Å². The van der Waals surface area contributed by atoms with E-state index in [4.69, 9.17) is 4.74 Å². The Balaban J connectivity index is 2.02. The van der Waals surface area contributed by atoms with Crippen LogP contribution < -0.4 is 0 Å². The minimum absolute atomic E-state index is 0.0769. The molecule has 0 spiro atoms. The lowest BCUT2D eigenvalue weighted by atomic mass is 9.88. The molecule has 2 heterocycles. The predicted octanol–water partition coefficient (Wildman–Crippen LogP) is 2.06. The van der Waals surface area contributed by atoms with Gasteiger partial charge in [0.05, 0.1) is 18.1 Å². The van der Waals surface area contributed by atoms with Gasteiger partial charge in [-0.3, -0.25) is 4.79 Å². The number of carbonyl (C=O) groups excluding carboxylic acids is 1. The van der Waals surface area contributed by atoms with E-state index in [1.807, 2.05) is 11.8 Å². The van der Waals surface area contributed by atoms with Gasteiger partial charge >= 0.3 is 0 Å². The highest BCUT2D eigenvalue weighted by molar-refractivity contribution is 5.80. The van der Waals surface area contributed by atoms with Crippen LogP contribution in [0.5, 0.6) is 0 Å². The van der Waals surface area contributed by atoms with Gasteiger partial charge in [0, 0.05) is 13.1 Å². The Kier molecular flexibility index (Phi) is 3.53. The van der Waals surface area contributed by atoms with E-state index in [2.05, 4.69) is 13.8 Å². The van der Waals surface area contributed by atoms with Gasteiger partial charge in [-0.2, -0.15) is 0 Å². The lowest BCUT2D eigenvalue weighted by molar-refractivity contribution is -0.138. The summed E-state index contributed by atoms with van der Waals surface area (Å²) in [5.41, 5.74) is 0. The van der Waals surface area contributed by atoms with Crippen LogP contribution in [-0.4, -0.2) is 36.1 Å². The van der Waals surface area contributed by atoms with Crippen molar-refractivity contribution in [3.8, 4) is 0 Å². The van der Waals surface area contributed by atoms with E-state index in [9.17, 15) is 4.79 Å². The molecular formula is C13H23NO2. The molecule has 0 aromatic heterocycles. The highest BCUT2D eigenvalue weighted by atomic mass is 16.5. The van der Waals surface area contributed by atoms with E-state index >= 15 is 0 Å². The monoisotopic (exact) mass is 225 g/mol. The molecule has 3 nitrogen and oxygen atoms in total. The third kappa shape index (κ3) is 2.10. The number of ether oxygens (including phenoxy) is 1. The van der Waals surface area contributed by atoms with E-state index in [1.165, 1.54) is 6.42 Å². The molecule has 92 valence electrons. The Morgan fingerprint density at radius 3 is 2.19 bits per heavy atom. The molecule has 0 aliphatic carbocycles. The molecule has 1 amide bonds. The summed E-state index contributed by atoms with van der Waals surface area (Å²) >= 11 is 0. The van der Waals surface area contributed by atoms with Crippen LogP contribution in [0.15, 0.2) is 0 Å². The third-order valence-corrected chi connectivity index (χ3v) is 4.19. The molecule has 0 aromatic rings. The summed E-state index contributed by atoms with van der Waals surface area (Å²) in [6.45, 7) is 8.14. The van der Waals surface area contributed by atoms with Gasteiger partial charge in [0.15, 0.2) is 0 Å². The fourth-order valence-corrected chi connectivity index (χ4v) is 3.02. The van der Waals surface area contributed by atoms with Crippen LogP contribution in [0.4, 0.5) is 0 Å². The third-order valence-electron chi connectivity index (χ3n) is 4.19. The maximum atomic E-state index is 12.4. The lowest BCUT2D eigenvalue weighted by Gasteiger charge is -2.31. The van der Waals surface area contributed by atoms with Crippen molar-refractivity contribution in [2.75, 3.05) is 13.1 Å². The molecule has 2 rings (SSSR count). The van der Waals surface area contributed by atoms with E-state index < -0.39 is 0 Å². The molecule has 0 radical (unpaired) electrons. The number of hydrogen-bond donors (Lipinski definition) is 0. The van der Waals surface area contributed by atoms with Crippen molar-refractivity contribution in [1.29, 1.82) is 0 Å². The zero-order valence-electron chi connectivity index (χ0n) is 10.6. The zero-order chi connectivity index (χ0) is 11.7. The van der Waals surface area contributed by atoms with Crippen molar-refractivity contribution < 1.29 is 9.53 Å². The molecule has 4 atom stereocenters. The Bertz CT molecular complexity index is 261. The van der Waals surface area contributed by atoms with Gasteiger partial charge in [0.1, 0.15) is 0 Å². The Hall–Kier alpha value is -0.570. The average Bonchev–Trinajstić information content (AvgIpc) is 2.54. The highest BCUT2D eigenvalue weighted by Gasteiger charge is 2.43. The molecule has 2 aliphatic heterocycles. The van der Waals surface area contributed by atoms with Crippen molar-refractivity contribution >= 4 is 5.91 Å². The van der Waals surface area contributed by atoms with Gasteiger partial charge < -0.3 is 9.64 Å². The number of nitrogens with zero attached hydrogens (tertiary/aromatic N) is 1. The van der Waals surface area contributed by atoms with Gasteiger partial charge in [-0.25, -0.2) is 0 Å². The molecule has 0 N–H and O–H groups in total. The zero-order valence-corrected chi connectivity index (χ0v) is 10.6. The van der Waals surface area contributed by atoms with Crippen LogP contribution in [-0.2, 0) is 9.53 Å². The lowest BCUT2D eigenvalue weighted by Crippen LogP contribution is -2.43. The number of carbonyl (C=O) groups is 1. The van der Waals surface area contributed by atoms with E-state index in [0.717, 1.165) is 25.9 Å². The van der Waals surface area contributed by atoms with Gasteiger partial charge in [-0.05, 0) is 39.0 Å². The predicted molar refractivity (Wildman–Crippen MR) is 63.1 cm³/mol. The number of hydrogen-bond acceptors (Lipinski definition) is 2. The first kappa shape index (κ1) is 11.9. The smallest absolute Gasteiger partial charge is 0.228 e. The summed E-state index contributed by atoms with van der Waals surface area (Å²) in [4.78, 5) is 14.5. The van der Waals surface area contributed by atoms with Crippen LogP contribution in [0.1, 0.15) is 40.0 Å². The molecule has 2 aliphatic rings. The topological polar surface area (TPSA) is 29.5 Å². The number of likely N-dealkylation sites (tertiary alicyclic amines) is 1. The van der Waals surface area contributed by atoms with Crippen LogP contribution in [0.3, 0.4) is 0 Å². The molecule has 16 heavy (non-hydrogen) atoms. The molecule has 3 heteroatoms. The second-order valence-corrected chi connectivity index (χ2v) is 5.32. The molecule has 2 fully saturated rings. The minimum atomic E-state index is 0.0769.